The van der Waals surface area contributed by atoms with E-state index in [0.29, 0.717) is 18.0 Å². The Labute approximate surface area is 171 Å². The smallest absolute Gasteiger partial charge is 0.224 e. The number of rotatable bonds is 10. The predicted molar refractivity (Wildman–Crippen MR) is 116 cm³/mol. The highest BCUT2D eigenvalue weighted by Crippen LogP contribution is 2.18. The molecule has 0 aliphatic carbocycles. The lowest BCUT2D eigenvalue weighted by Gasteiger charge is -2.08. The van der Waals surface area contributed by atoms with E-state index in [4.69, 9.17) is 16.6 Å². The number of hydrogen-bond acceptors (Lipinski definition) is 2. The number of aryl methyl sites for hydroxylation is 2. The number of imidazole rings is 1. The van der Waals surface area contributed by atoms with Gasteiger partial charge in [0, 0.05) is 24.5 Å². The van der Waals surface area contributed by atoms with Crippen LogP contribution in [-0.2, 0) is 24.2 Å². The summed E-state index contributed by atoms with van der Waals surface area (Å²) in [5, 5.41) is 3.64. The zero-order valence-electron chi connectivity index (χ0n) is 16.5. The fourth-order valence-electron chi connectivity index (χ4n) is 3.48. The number of carbonyl (C=O) groups excluding carboxylic acids is 1. The molecule has 0 fully saturated rings. The van der Waals surface area contributed by atoms with Gasteiger partial charge in [-0.05, 0) is 43.0 Å². The lowest BCUT2D eigenvalue weighted by atomic mass is 10.1. The van der Waals surface area contributed by atoms with E-state index in [2.05, 4.69) is 35.0 Å². The number of aromatic nitrogens is 2. The topological polar surface area (TPSA) is 46.9 Å². The number of carbonyl (C=O) groups is 1. The molecule has 0 saturated carbocycles. The summed E-state index contributed by atoms with van der Waals surface area (Å²) in [6.07, 6.45) is 5.53. The number of benzene rings is 2. The van der Waals surface area contributed by atoms with Gasteiger partial charge in [-0.3, -0.25) is 4.79 Å². The molecule has 3 aromatic rings. The number of hydrogen-bond donors (Lipinski definition) is 1. The van der Waals surface area contributed by atoms with Crippen molar-refractivity contribution in [2.45, 2.75) is 52.0 Å². The van der Waals surface area contributed by atoms with Crippen molar-refractivity contribution in [1.29, 1.82) is 0 Å². The van der Waals surface area contributed by atoms with Crippen LogP contribution in [0.1, 0.15) is 44.0 Å². The maximum absolute atomic E-state index is 12.1. The number of halogens is 1. The molecule has 0 aliphatic rings. The minimum absolute atomic E-state index is 0.0258. The lowest BCUT2D eigenvalue weighted by Crippen LogP contribution is -2.26. The maximum atomic E-state index is 12.1. The highest BCUT2D eigenvalue weighted by Gasteiger charge is 2.09. The molecule has 0 radical (unpaired) electrons. The molecule has 0 unspecified atom stereocenters. The van der Waals surface area contributed by atoms with Gasteiger partial charge in [0.1, 0.15) is 5.82 Å². The molecule has 0 saturated heterocycles. The van der Waals surface area contributed by atoms with Gasteiger partial charge in [0.15, 0.2) is 0 Å². The molecule has 0 spiro atoms. The normalized spacial score (nSPS) is 11.1. The number of fused-ring (bicyclic) bond motifs is 1. The van der Waals surface area contributed by atoms with Crippen LogP contribution in [0.25, 0.3) is 11.0 Å². The van der Waals surface area contributed by atoms with E-state index in [1.54, 1.807) is 0 Å². The van der Waals surface area contributed by atoms with Gasteiger partial charge in [0.2, 0.25) is 5.91 Å². The second-order valence-corrected chi connectivity index (χ2v) is 7.50. The first-order chi connectivity index (χ1) is 13.7. The van der Waals surface area contributed by atoms with Crippen molar-refractivity contribution >= 4 is 28.5 Å². The second kappa shape index (κ2) is 10.3. The third-order valence-corrected chi connectivity index (χ3v) is 5.26. The lowest BCUT2D eigenvalue weighted by molar-refractivity contribution is -0.120. The quantitative estimate of drug-likeness (QED) is 0.479. The number of nitrogens with zero attached hydrogens (tertiary/aromatic N) is 2. The Bertz CT molecular complexity index is 919. The van der Waals surface area contributed by atoms with Gasteiger partial charge < -0.3 is 9.88 Å². The Morgan fingerprint density at radius 2 is 1.86 bits per heavy atom. The average molecular weight is 398 g/mol. The number of amides is 1. The monoisotopic (exact) mass is 397 g/mol. The van der Waals surface area contributed by atoms with Crippen LogP contribution in [0.2, 0.25) is 5.02 Å². The van der Waals surface area contributed by atoms with Crippen LogP contribution in [0.15, 0.2) is 48.5 Å². The largest absolute Gasteiger partial charge is 0.356 e. The highest BCUT2D eigenvalue weighted by atomic mass is 35.5. The Morgan fingerprint density at radius 3 is 2.68 bits per heavy atom. The third-order valence-electron chi connectivity index (χ3n) is 4.89. The van der Waals surface area contributed by atoms with E-state index in [-0.39, 0.29) is 5.91 Å². The standard InChI is InChI=1S/C23H28ClN3O/c1-2-16-27-21-13-8-7-12-20(21)26-22(27)14-4-3-9-15-25-23(28)17-18-10-5-6-11-19(18)24/h5-8,10-13H,2-4,9,14-17H2,1H3,(H,25,28). The zero-order chi connectivity index (χ0) is 19.8. The molecule has 5 heteroatoms. The molecule has 1 aromatic heterocycles. The van der Waals surface area contributed by atoms with Crippen molar-refractivity contribution in [3.05, 3.63) is 64.9 Å². The van der Waals surface area contributed by atoms with E-state index >= 15 is 0 Å². The van der Waals surface area contributed by atoms with Crippen molar-refractivity contribution < 1.29 is 4.79 Å². The van der Waals surface area contributed by atoms with Gasteiger partial charge >= 0.3 is 0 Å². The summed E-state index contributed by atoms with van der Waals surface area (Å²) in [6, 6.07) is 15.8. The fraction of sp³-hybridized carbons (Fsp3) is 0.391. The van der Waals surface area contributed by atoms with E-state index in [1.165, 1.54) is 11.3 Å². The van der Waals surface area contributed by atoms with Crippen molar-refractivity contribution in [2.75, 3.05) is 6.54 Å². The Kier molecular flexibility index (Phi) is 7.49. The third kappa shape index (κ3) is 5.35. The van der Waals surface area contributed by atoms with Gasteiger partial charge in [-0.15, -0.1) is 0 Å². The molecule has 148 valence electrons. The van der Waals surface area contributed by atoms with E-state index in [1.807, 2.05) is 30.3 Å². The Balaban J connectivity index is 1.40. The van der Waals surface area contributed by atoms with Crippen molar-refractivity contribution in [1.82, 2.24) is 14.9 Å². The van der Waals surface area contributed by atoms with Crippen LogP contribution in [0.3, 0.4) is 0 Å². The molecule has 1 amide bonds. The Hall–Kier alpha value is -2.33. The number of nitrogens with one attached hydrogen (secondary N) is 1. The summed E-state index contributed by atoms with van der Waals surface area (Å²) < 4.78 is 2.35. The zero-order valence-corrected chi connectivity index (χ0v) is 17.2. The molecule has 28 heavy (non-hydrogen) atoms. The molecule has 0 bridgehead atoms. The van der Waals surface area contributed by atoms with Gasteiger partial charge in [-0.25, -0.2) is 4.98 Å². The number of unbranched alkanes of at least 4 members (excludes halogenated alkanes) is 2. The van der Waals surface area contributed by atoms with Gasteiger partial charge in [0.25, 0.3) is 0 Å². The van der Waals surface area contributed by atoms with Crippen molar-refractivity contribution in [3.63, 3.8) is 0 Å². The fourth-order valence-corrected chi connectivity index (χ4v) is 3.68. The minimum atomic E-state index is 0.0258. The molecule has 1 heterocycles. The van der Waals surface area contributed by atoms with Crippen LogP contribution in [0, 0.1) is 0 Å². The van der Waals surface area contributed by atoms with Gasteiger partial charge in [-0.1, -0.05) is 55.3 Å². The molecular weight excluding hydrogens is 370 g/mol. The van der Waals surface area contributed by atoms with E-state index in [9.17, 15) is 4.79 Å². The molecule has 0 aliphatic heterocycles. The summed E-state index contributed by atoms with van der Waals surface area (Å²) in [5.74, 6) is 1.20. The van der Waals surface area contributed by atoms with Crippen LogP contribution in [0.4, 0.5) is 0 Å². The first-order valence-electron chi connectivity index (χ1n) is 10.1. The van der Waals surface area contributed by atoms with E-state index < -0.39 is 0 Å². The first kappa shape index (κ1) is 20.4. The molecule has 1 N–H and O–H groups in total. The predicted octanol–water partition coefficient (Wildman–Crippen LogP) is 5.17. The molecule has 3 rings (SSSR count). The van der Waals surface area contributed by atoms with Crippen molar-refractivity contribution in [2.24, 2.45) is 0 Å². The molecule has 2 aromatic carbocycles. The first-order valence-corrected chi connectivity index (χ1v) is 10.5. The molecule has 4 nitrogen and oxygen atoms in total. The SMILES string of the molecule is CCCn1c(CCCCCNC(=O)Cc2ccccc2Cl)nc2ccccc21. The van der Waals surface area contributed by atoms with Gasteiger partial charge in [0.05, 0.1) is 17.5 Å². The molecular formula is C23H28ClN3O. The minimum Gasteiger partial charge on any atom is -0.356 e. The molecule has 0 atom stereocenters. The number of para-hydroxylation sites is 2. The van der Waals surface area contributed by atoms with E-state index in [0.717, 1.165) is 49.7 Å². The summed E-state index contributed by atoms with van der Waals surface area (Å²) in [6.45, 7) is 3.91. The Morgan fingerprint density at radius 1 is 1.07 bits per heavy atom. The van der Waals surface area contributed by atoms with Gasteiger partial charge in [-0.2, -0.15) is 0 Å². The van der Waals surface area contributed by atoms with Crippen LogP contribution in [-0.4, -0.2) is 22.0 Å². The average Bonchev–Trinajstić information content (AvgIpc) is 3.04. The van der Waals surface area contributed by atoms with Crippen molar-refractivity contribution in [3.8, 4) is 0 Å². The summed E-state index contributed by atoms with van der Waals surface area (Å²) >= 11 is 6.11. The highest BCUT2D eigenvalue weighted by molar-refractivity contribution is 6.31. The summed E-state index contributed by atoms with van der Waals surface area (Å²) in [5.41, 5.74) is 3.18. The maximum Gasteiger partial charge on any atom is 0.224 e. The van der Waals surface area contributed by atoms with Crippen LogP contribution >= 0.6 is 11.6 Å². The summed E-state index contributed by atoms with van der Waals surface area (Å²) in [4.78, 5) is 16.9. The van der Waals surface area contributed by atoms with Crippen LogP contribution < -0.4 is 5.32 Å². The van der Waals surface area contributed by atoms with Crippen LogP contribution in [0.5, 0.6) is 0 Å². The summed E-state index contributed by atoms with van der Waals surface area (Å²) in [7, 11) is 0. The second-order valence-electron chi connectivity index (χ2n) is 7.10.